The number of phenols is 1. The first-order chi connectivity index (χ1) is 9.15. The molecule has 0 atom stereocenters. The fraction of sp³-hybridized carbons (Fsp3) is 0.143. The third-order valence-electron chi connectivity index (χ3n) is 2.32. The van der Waals surface area contributed by atoms with Crippen molar-refractivity contribution in [2.24, 2.45) is 0 Å². The molecule has 0 aliphatic rings. The average Bonchev–Trinajstić information content (AvgIpc) is 2.39. The van der Waals surface area contributed by atoms with Gasteiger partial charge in [-0.15, -0.1) is 23.5 Å². The minimum atomic E-state index is 0.301. The molecule has 0 amide bonds. The van der Waals surface area contributed by atoms with Crippen LogP contribution in [0.2, 0.25) is 10.0 Å². The van der Waals surface area contributed by atoms with Gasteiger partial charge < -0.3 is 5.11 Å². The molecule has 19 heavy (non-hydrogen) atoms. The van der Waals surface area contributed by atoms with E-state index in [0.717, 1.165) is 26.3 Å². The van der Waals surface area contributed by atoms with E-state index in [9.17, 15) is 5.11 Å². The molecule has 0 heterocycles. The first-order valence-electron chi connectivity index (χ1n) is 5.65. The maximum Gasteiger partial charge on any atom is 0.116 e. The Balaban J connectivity index is 1.82. The molecule has 0 bridgehead atoms. The van der Waals surface area contributed by atoms with Gasteiger partial charge in [-0.2, -0.15) is 0 Å². The monoisotopic (exact) mass is 330 g/mol. The predicted octanol–water partition coefficient (Wildman–Crippen LogP) is 5.58. The molecular weight excluding hydrogens is 319 g/mol. The molecule has 0 unspecified atom stereocenters. The fourth-order valence-electron chi connectivity index (χ4n) is 1.47. The summed E-state index contributed by atoms with van der Waals surface area (Å²) < 4.78 is 0. The molecule has 0 saturated carbocycles. The lowest BCUT2D eigenvalue weighted by Crippen LogP contribution is -1.85. The smallest absolute Gasteiger partial charge is 0.116 e. The molecule has 5 heteroatoms. The molecule has 0 spiro atoms. The largest absolute Gasteiger partial charge is 0.508 e. The first-order valence-corrected chi connectivity index (χ1v) is 8.37. The van der Waals surface area contributed by atoms with Crippen molar-refractivity contribution in [2.75, 3.05) is 11.5 Å². The Labute approximate surface area is 131 Å². The Morgan fingerprint density at radius 3 is 2.53 bits per heavy atom. The normalized spacial score (nSPS) is 10.6. The van der Waals surface area contributed by atoms with Crippen LogP contribution in [0.4, 0.5) is 0 Å². The summed E-state index contributed by atoms with van der Waals surface area (Å²) in [7, 11) is 0. The van der Waals surface area contributed by atoms with Crippen LogP contribution in [0, 0.1) is 0 Å². The predicted molar refractivity (Wildman–Crippen MR) is 86.0 cm³/mol. The zero-order valence-corrected chi connectivity index (χ0v) is 13.1. The highest BCUT2D eigenvalue weighted by molar-refractivity contribution is 8.03. The summed E-state index contributed by atoms with van der Waals surface area (Å²) in [5, 5.41) is 10.8. The van der Waals surface area contributed by atoms with Gasteiger partial charge in [0.15, 0.2) is 0 Å². The van der Waals surface area contributed by atoms with E-state index in [1.165, 1.54) is 0 Å². The second kappa shape index (κ2) is 7.34. The standard InChI is InChI=1S/C14H12Cl2OS2/c15-10-4-5-13(16)14(8-10)19-7-6-18-12-3-1-2-11(17)9-12/h1-5,8-9,17H,6-7H2. The van der Waals surface area contributed by atoms with Crippen molar-refractivity contribution in [1.29, 1.82) is 0 Å². The first kappa shape index (κ1) is 14.9. The molecular formula is C14H12Cl2OS2. The molecule has 2 aromatic carbocycles. The van der Waals surface area contributed by atoms with E-state index in [4.69, 9.17) is 23.2 Å². The highest BCUT2D eigenvalue weighted by Crippen LogP contribution is 2.31. The number of aromatic hydroxyl groups is 1. The van der Waals surface area contributed by atoms with Crippen LogP contribution >= 0.6 is 46.7 Å². The van der Waals surface area contributed by atoms with Gasteiger partial charge in [-0.05, 0) is 36.4 Å². The van der Waals surface area contributed by atoms with Crippen molar-refractivity contribution in [3.63, 3.8) is 0 Å². The number of rotatable bonds is 5. The van der Waals surface area contributed by atoms with Gasteiger partial charge in [0.25, 0.3) is 0 Å². The average molecular weight is 331 g/mol. The Morgan fingerprint density at radius 2 is 1.74 bits per heavy atom. The summed E-state index contributed by atoms with van der Waals surface area (Å²) in [6.45, 7) is 0. The number of hydrogen-bond donors (Lipinski definition) is 1. The quantitative estimate of drug-likeness (QED) is 0.570. The molecule has 2 aromatic rings. The minimum Gasteiger partial charge on any atom is -0.508 e. The van der Waals surface area contributed by atoms with Crippen LogP contribution in [0.5, 0.6) is 5.75 Å². The SMILES string of the molecule is Oc1cccc(SCCSc2cc(Cl)ccc2Cl)c1. The van der Waals surface area contributed by atoms with E-state index < -0.39 is 0 Å². The summed E-state index contributed by atoms with van der Waals surface area (Å²) in [5.74, 6) is 2.17. The van der Waals surface area contributed by atoms with E-state index >= 15 is 0 Å². The third kappa shape index (κ3) is 4.84. The maximum atomic E-state index is 9.36. The van der Waals surface area contributed by atoms with Crippen molar-refractivity contribution in [1.82, 2.24) is 0 Å². The van der Waals surface area contributed by atoms with Crippen molar-refractivity contribution in [3.05, 3.63) is 52.5 Å². The van der Waals surface area contributed by atoms with Crippen LogP contribution < -0.4 is 0 Å². The molecule has 0 saturated heterocycles. The van der Waals surface area contributed by atoms with Gasteiger partial charge in [-0.1, -0.05) is 29.3 Å². The maximum absolute atomic E-state index is 9.36. The molecule has 1 nitrogen and oxygen atoms in total. The Bertz CT molecular complexity index is 561. The van der Waals surface area contributed by atoms with E-state index in [1.807, 2.05) is 24.3 Å². The summed E-state index contributed by atoms with van der Waals surface area (Å²) in [6, 6.07) is 12.8. The lowest BCUT2D eigenvalue weighted by Gasteiger charge is -2.05. The fourth-order valence-corrected chi connectivity index (χ4v) is 3.91. The van der Waals surface area contributed by atoms with Gasteiger partial charge in [-0.3, -0.25) is 0 Å². The molecule has 0 aliphatic heterocycles. The van der Waals surface area contributed by atoms with Crippen molar-refractivity contribution < 1.29 is 5.11 Å². The number of thioether (sulfide) groups is 2. The van der Waals surface area contributed by atoms with Crippen LogP contribution in [-0.2, 0) is 0 Å². The molecule has 0 radical (unpaired) electrons. The summed E-state index contributed by atoms with van der Waals surface area (Å²) in [4.78, 5) is 2.07. The Kier molecular flexibility index (Phi) is 5.76. The topological polar surface area (TPSA) is 20.2 Å². The number of halogens is 2. The molecule has 1 N–H and O–H groups in total. The van der Waals surface area contributed by atoms with E-state index in [1.54, 1.807) is 41.7 Å². The summed E-state index contributed by atoms with van der Waals surface area (Å²) >= 11 is 15.4. The summed E-state index contributed by atoms with van der Waals surface area (Å²) in [6.07, 6.45) is 0. The number of phenolic OH excluding ortho intramolecular Hbond substituents is 1. The van der Waals surface area contributed by atoms with Gasteiger partial charge in [0.1, 0.15) is 5.75 Å². The van der Waals surface area contributed by atoms with Crippen LogP contribution in [0.25, 0.3) is 0 Å². The lowest BCUT2D eigenvalue weighted by atomic mass is 10.3. The Morgan fingerprint density at radius 1 is 0.947 bits per heavy atom. The van der Waals surface area contributed by atoms with Crippen molar-refractivity contribution >= 4 is 46.7 Å². The molecule has 2 rings (SSSR count). The van der Waals surface area contributed by atoms with Crippen LogP contribution in [-0.4, -0.2) is 16.6 Å². The van der Waals surface area contributed by atoms with Crippen LogP contribution in [0.15, 0.2) is 52.3 Å². The molecule has 0 fully saturated rings. The number of hydrogen-bond acceptors (Lipinski definition) is 3. The van der Waals surface area contributed by atoms with E-state index in [0.29, 0.717) is 10.8 Å². The molecule has 100 valence electrons. The highest BCUT2D eigenvalue weighted by Gasteiger charge is 2.02. The third-order valence-corrected chi connectivity index (χ3v) is 5.31. The summed E-state index contributed by atoms with van der Waals surface area (Å²) in [5.41, 5.74) is 0. The van der Waals surface area contributed by atoms with Crippen LogP contribution in [0.1, 0.15) is 0 Å². The van der Waals surface area contributed by atoms with Gasteiger partial charge in [-0.25, -0.2) is 0 Å². The number of benzene rings is 2. The zero-order chi connectivity index (χ0) is 13.7. The van der Waals surface area contributed by atoms with E-state index in [-0.39, 0.29) is 0 Å². The van der Waals surface area contributed by atoms with Gasteiger partial charge in [0.2, 0.25) is 0 Å². The molecule has 0 aliphatic carbocycles. The van der Waals surface area contributed by atoms with Gasteiger partial charge in [0.05, 0.1) is 5.02 Å². The van der Waals surface area contributed by atoms with Gasteiger partial charge >= 0.3 is 0 Å². The highest BCUT2D eigenvalue weighted by atomic mass is 35.5. The lowest BCUT2D eigenvalue weighted by molar-refractivity contribution is 0.474. The minimum absolute atomic E-state index is 0.301. The second-order valence-corrected chi connectivity index (χ2v) is 6.92. The Hall–Kier alpha value is -0.480. The van der Waals surface area contributed by atoms with E-state index in [2.05, 4.69) is 0 Å². The van der Waals surface area contributed by atoms with Crippen LogP contribution in [0.3, 0.4) is 0 Å². The van der Waals surface area contributed by atoms with Crippen molar-refractivity contribution in [2.45, 2.75) is 9.79 Å². The van der Waals surface area contributed by atoms with Gasteiger partial charge in [0, 0.05) is 26.3 Å². The molecule has 0 aromatic heterocycles. The zero-order valence-electron chi connectivity index (χ0n) is 9.98. The second-order valence-electron chi connectivity index (χ2n) is 3.77. The van der Waals surface area contributed by atoms with Crippen molar-refractivity contribution in [3.8, 4) is 5.75 Å².